The van der Waals surface area contributed by atoms with E-state index in [1.54, 1.807) is 0 Å². The highest BCUT2D eigenvalue weighted by Gasteiger charge is 2.58. The highest BCUT2D eigenvalue weighted by atomic mass is 14.6. The maximum absolute atomic E-state index is 2.54. The van der Waals surface area contributed by atoms with Gasteiger partial charge in [-0.2, -0.15) is 0 Å². The molecule has 2 fully saturated rings. The number of hydrogen-bond donors (Lipinski definition) is 0. The molecule has 78 valence electrons. The summed E-state index contributed by atoms with van der Waals surface area (Å²) in [7, 11) is 0. The summed E-state index contributed by atoms with van der Waals surface area (Å²) in [5.41, 5.74) is 0. The van der Waals surface area contributed by atoms with Crippen LogP contribution >= 0.6 is 0 Å². The minimum Gasteiger partial charge on any atom is -0.0845 e. The standard InChI is InChI=1S/C14H22/c1-7-8(2)12-6-5-11(7)13-9(3)10(4)14(12)13/h5-14H,1-4H3. The molecule has 14 heavy (non-hydrogen) atoms. The Morgan fingerprint density at radius 3 is 1.29 bits per heavy atom. The van der Waals surface area contributed by atoms with Crippen molar-refractivity contribution in [3.8, 4) is 0 Å². The smallest absolute Gasteiger partial charge is 0.0171 e. The van der Waals surface area contributed by atoms with E-state index in [1.807, 2.05) is 0 Å². The maximum Gasteiger partial charge on any atom is -0.0171 e. The van der Waals surface area contributed by atoms with Gasteiger partial charge in [0, 0.05) is 0 Å². The molecule has 2 bridgehead atoms. The highest BCUT2D eigenvalue weighted by molar-refractivity contribution is 5.19. The normalized spacial score (nSPS) is 64.9. The molecule has 4 aliphatic carbocycles. The minimum atomic E-state index is 0.909. The second-order valence-corrected chi connectivity index (χ2v) is 6.13. The van der Waals surface area contributed by atoms with Crippen molar-refractivity contribution in [2.75, 3.05) is 0 Å². The van der Waals surface area contributed by atoms with Gasteiger partial charge < -0.3 is 0 Å². The Morgan fingerprint density at radius 2 is 0.929 bits per heavy atom. The van der Waals surface area contributed by atoms with E-state index in [1.165, 1.54) is 0 Å². The van der Waals surface area contributed by atoms with Crippen molar-refractivity contribution in [1.82, 2.24) is 0 Å². The number of rotatable bonds is 0. The lowest BCUT2D eigenvalue weighted by Gasteiger charge is -2.64. The van der Waals surface area contributed by atoms with Crippen LogP contribution in [0.1, 0.15) is 27.7 Å². The van der Waals surface area contributed by atoms with Gasteiger partial charge in [-0.15, -0.1) is 0 Å². The summed E-state index contributed by atoms with van der Waals surface area (Å²) in [5.74, 6) is 7.71. The largest absolute Gasteiger partial charge is 0.0845 e. The summed E-state index contributed by atoms with van der Waals surface area (Å²) in [5, 5.41) is 0. The Morgan fingerprint density at radius 1 is 0.571 bits per heavy atom. The van der Waals surface area contributed by atoms with E-state index in [2.05, 4.69) is 39.8 Å². The molecule has 0 N–H and O–H groups in total. The summed E-state index contributed by atoms with van der Waals surface area (Å²) >= 11 is 0. The van der Waals surface area contributed by atoms with Gasteiger partial charge in [0.2, 0.25) is 0 Å². The van der Waals surface area contributed by atoms with Crippen LogP contribution in [-0.2, 0) is 0 Å². The van der Waals surface area contributed by atoms with E-state index in [0.29, 0.717) is 0 Å². The maximum atomic E-state index is 2.54. The van der Waals surface area contributed by atoms with E-state index < -0.39 is 0 Å². The SMILES string of the molecule is CC1C(C)C2C=CC1C1C(C)C(C)C21. The van der Waals surface area contributed by atoms with E-state index >= 15 is 0 Å². The summed E-state index contributed by atoms with van der Waals surface area (Å²) in [6.45, 7) is 9.88. The second-order valence-electron chi connectivity index (χ2n) is 6.13. The van der Waals surface area contributed by atoms with E-state index in [-0.39, 0.29) is 0 Å². The van der Waals surface area contributed by atoms with Crippen LogP contribution < -0.4 is 0 Å². The molecule has 4 rings (SSSR count). The zero-order valence-electron chi connectivity index (χ0n) is 9.77. The fraction of sp³-hybridized carbons (Fsp3) is 0.857. The molecular formula is C14H22. The summed E-state index contributed by atoms with van der Waals surface area (Å²) in [6, 6.07) is 0. The lowest BCUT2D eigenvalue weighted by molar-refractivity contribution is -0.131. The number of allylic oxidation sites excluding steroid dienone is 2. The van der Waals surface area contributed by atoms with Crippen LogP contribution in [0.2, 0.25) is 0 Å². The van der Waals surface area contributed by atoms with Crippen molar-refractivity contribution in [1.29, 1.82) is 0 Å². The first-order chi connectivity index (χ1) is 6.63. The molecule has 0 saturated heterocycles. The van der Waals surface area contributed by atoms with E-state index in [9.17, 15) is 0 Å². The van der Waals surface area contributed by atoms with Gasteiger partial charge in [-0.3, -0.25) is 0 Å². The zero-order chi connectivity index (χ0) is 10.0. The van der Waals surface area contributed by atoms with E-state index in [4.69, 9.17) is 0 Å². The molecule has 0 radical (unpaired) electrons. The molecule has 8 atom stereocenters. The van der Waals surface area contributed by atoms with Crippen LogP contribution in [0.4, 0.5) is 0 Å². The van der Waals surface area contributed by atoms with Crippen LogP contribution in [0.25, 0.3) is 0 Å². The summed E-state index contributed by atoms with van der Waals surface area (Å²) < 4.78 is 0. The molecule has 0 aromatic rings. The Balaban J connectivity index is 1.97. The molecule has 8 unspecified atom stereocenters. The van der Waals surface area contributed by atoms with Gasteiger partial charge in [0.25, 0.3) is 0 Å². The molecule has 0 heteroatoms. The van der Waals surface area contributed by atoms with Crippen molar-refractivity contribution in [2.45, 2.75) is 27.7 Å². The van der Waals surface area contributed by atoms with Crippen LogP contribution in [-0.4, -0.2) is 0 Å². The molecule has 0 nitrogen and oxygen atoms in total. The topological polar surface area (TPSA) is 0 Å². The Hall–Kier alpha value is -0.260. The Bertz CT molecular complexity index is 250. The zero-order valence-corrected chi connectivity index (χ0v) is 9.77. The number of hydrogen-bond acceptors (Lipinski definition) is 0. The second kappa shape index (κ2) is 2.65. The first-order valence-electron chi connectivity index (χ1n) is 6.31. The molecule has 0 aromatic carbocycles. The highest BCUT2D eigenvalue weighted by Crippen LogP contribution is 2.63. The predicted molar refractivity (Wildman–Crippen MR) is 59.8 cm³/mol. The fourth-order valence-electron chi connectivity index (χ4n) is 4.74. The van der Waals surface area contributed by atoms with Gasteiger partial charge in [0.05, 0.1) is 0 Å². The third-order valence-corrected chi connectivity index (χ3v) is 5.98. The first kappa shape index (κ1) is 9.00. The Labute approximate surface area is 87.8 Å². The minimum absolute atomic E-state index is 0.909. The van der Waals surface area contributed by atoms with Crippen molar-refractivity contribution >= 4 is 0 Å². The molecule has 0 spiro atoms. The van der Waals surface area contributed by atoms with Gasteiger partial charge in [-0.1, -0.05) is 39.8 Å². The average Bonchev–Trinajstić information content (AvgIpc) is 2.22. The molecule has 0 aliphatic heterocycles. The third-order valence-electron chi connectivity index (χ3n) is 5.98. The third kappa shape index (κ3) is 0.816. The molecule has 0 aromatic heterocycles. The molecule has 0 amide bonds. The van der Waals surface area contributed by atoms with Crippen molar-refractivity contribution in [3.05, 3.63) is 12.2 Å². The van der Waals surface area contributed by atoms with Gasteiger partial charge in [0.15, 0.2) is 0 Å². The molecule has 4 aliphatic rings. The fourth-order valence-corrected chi connectivity index (χ4v) is 4.74. The lowest BCUT2D eigenvalue weighted by atomic mass is 9.40. The van der Waals surface area contributed by atoms with Crippen LogP contribution in [0.3, 0.4) is 0 Å². The first-order valence-corrected chi connectivity index (χ1v) is 6.31. The van der Waals surface area contributed by atoms with Crippen LogP contribution in [0.5, 0.6) is 0 Å². The van der Waals surface area contributed by atoms with Gasteiger partial charge in [0.1, 0.15) is 0 Å². The Kier molecular flexibility index (Phi) is 1.70. The molecule has 2 saturated carbocycles. The van der Waals surface area contributed by atoms with Gasteiger partial charge in [-0.05, 0) is 47.3 Å². The number of fused-ring (bicyclic) bond motifs is 1. The predicted octanol–water partition coefficient (Wildman–Crippen LogP) is 3.59. The quantitative estimate of drug-likeness (QED) is 0.512. The summed E-state index contributed by atoms with van der Waals surface area (Å²) in [4.78, 5) is 0. The summed E-state index contributed by atoms with van der Waals surface area (Å²) in [6.07, 6.45) is 5.08. The van der Waals surface area contributed by atoms with E-state index in [0.717, 1.165) is 47.3 Å². The van der Waals surface area contributed by atoms with Crippen molar-refractivity contribution < 1.29 is 0 Å². The monoisotopic (exact) mass is 190 g/mol. The van der Waals surface area contributed by atoms with Crippen LogP contribution in [0.15, 0.2) is 12.2 Å². The average molecular weight is 190 g/mol. The van der Waals surface area contributed by atoms with Crippen molar-refractivity contribution in [2.24, 2.45) is 47.3 Å². The molecular weight excluding hydrogens is 168 g/mol. The molecule has 0 heterocycles. The lowest BCUT2D eigenvalue weighted by Crippen LogP contribution is -2.59. The van der Waals surface area contributed by atoms with Gasteiger partial charge >= 0.3 is 0 Å². The van der Waals surface area contributed by atoms with Gasteiger partial charge in [-0.25, -0.2) is 0 Å². The van der Waals surface area contributed by atoms with Crippen LogP contribution in [0, 0.1) is 47.3 Å². The van der Waals surface area contributed by atoms with Crippen molar-refractivity contribution in [3.63, 3.8) is 0 Å².